The third kappa shape index (κ3) is 3.11. The summed E-state index contributed by atoms with van der Waals surface area (Å²) in [5.74, 6) is 2.21. The molecule has 1 aliphatic carbocycles. The highest BCUT2D eigenvalue weighted by molar-refractivity contribution is 8.01. The van der Waals surface area contributed by atoms with Crippen LogP contribution in [0, 0.1) is 0 Å². The Morgan fingerprint density at radius 3 is 2.69 bits per heavy atom. The Morgan fingerprint density at radius 1 is 1.16 bits per heavy atom. The maximum atomic E-state index is 14.0. The highest BCUT2D eigenvalue weighted by atomic mass is 32.2. The van der Waals surface area contributed by atoms with Crippen LogP contribution in [-0.4, -0.2) is 49.8 Å². The van der Waals surface area contributed by atoms with E-state index in [0.717, 1.165) is 17.7 Å². The topological polar surface area (TPSA) is 65.1 Å². The standard InChI is InChI=1S/C24H27NO5S2/c1-3-31-23-12-11-19(28-2)16-24(23,18-9-10-21-22(15-18)30-17-29-21)25(14-13-23)32(26,27)20-7-5-4-6-8-20/h4-12,15,19H,3,13-14,16-17H2,1-2H3/t19-,23-,24-/m0/s1. The predicted octanol–water partition coefficient (Wildman–Crippen LogP) is 4.17. The summed E-state index contributed by atoms with van der Waals surface area (Å²) in [4.78, 5) is 0.306. The summed E-state index contributed by atoms with van der Waals surface area (Å²) in [5.41, 5.74) is 0.0878. The molecule has 2 aromatic carbocycles. The lowest BCUT2D eigenvalue weighted by atomic mass is 9.71. The summed E-state index contributed by atoms with van der Waals surface area (Å²) in [7, 11) is -2.09. The van der Waals surface area contributed by atoms with Crippen LogP contribution in [0.2, 0.25) is 0 Å². The molecule has 6 nitrogen and oxygen atoms in total. The van der Waals surface area contributed by atoms with Gasteiger partial charge in [0.1, 0.15) is 0 Å². The molecule has 0 bridgehead atoms. The molecule has 5 rings (SSSR count). The normalized spacial score (nSPS) is 29.2. The Bertz CT molecular complexity index is 1140. The molecule has 0 spiro atoms. The van der Waals surface area contributed by atoms with Gasteiger partial charge in [-0.2, -0.15) is 4.31 Å². The van der Waals surface area contributed by atoms with Gasteiger partial charge in [0.05, 0.1) is 21.3 Å². The van der Waals surface area contributed by atoms with Crippen LogP contribution in [-0.2, 0) is 20.3 Å². The molecule has 0 amide bonds. The van der Waals surface area contributed by atoms with E-state index in [2.05, 4.69) is 19.1 Å². The third-order valence-corrected chi connectivity index (χ3v) is 10.2. The van der Waals surface area contributed by atoms with Crippen LogP contribution in [0.1, 0.15) is 25.3 Å². The average molecular weight is 474 g/mol. The number of hydrogen-bond acceptors (Lipinski definition) is 6. The molecular formula is C24H27NO5S2. The fourth-order valence-electron chi connectivity index (χ4n) is 5.36. The number of thioether (sulfide) groups is 1. The van der Waals surface area contributed by atoms with Crippen molar-refractivity contribution in [3.05, 3.63) is 66.2 Å². The third-order valence-electron chi connectivity index (χ3n) is 6.77. The molecule has 1 saturated heterocycles. The summed E-state index contributed by atoms with van der Waals surface area (Å²) in [6, 6.07) is 14.5. The van der Waals surface area contributed by atoms with Crippen molar-refractivity contribution in [1.29, 1.82) is 0 Å². The Balaban J connectivity index is 1.75. The molecule has 2 aliphatic heterocycles. The monoisotopic (exact) mass is 473 g/mol. The lowest BCUT2D eigenvalue weighted by Crippen LogP contribution is -2.58. The van der Waals surface area contributed by atoms with E-state index in [9.17, 15) is 8.42 Å². The second kappa shape index (κ2) is 8.09. The number of nitrogens with zero attached hydrogens (tertiary/aromatic N) is 1. The van der Waals surface area contributed by atoms with Crippen molar-refractivity contribution in [1.82, 2.24) is 4.31 Å². The number of fused-ring (bicyclic) bond motifs is 2. The molecule has 2 aromatic rings. The van der Waals surface area contributed by atoms with Crippen molar-refractivity contribution in [2.24, 2.45) is 0 Å². The number of methoxy groups -OCH3 is 1. The van der Waals surface area contributed by atoms with Crippen LogP contribution >= 0.6 is 11.8 Å². The summed E-state index contributed by atoms with van der Waals surface area (Å²) < 4.78 is 46.3. The molecule has 0 unspecified atom stereocenters. The largest absolute Gasteiger partial charge is 0.454 e. The maximum absolute atomic E-state index is 14.0. The summed E-state index contributed by atoms with van der Waals surface area (Å²) >= 11 is 1.80. The van der Waals surface area contributed by atoms with Gasteiger partial charge in [-0.1, -0.05) is 43.3 Å². The van der Waals surface area contributed by atoms with Gasteiger partial charge in [-0.05, 0) is 42.0 Å². The SMILES string of the molecule is CCS[C@]12C=C[C@H](OC)C[C@@]1(c1ccc3c(c1)OCO3)N(S(=O)(=O)c1ccccc1)CC2. The molecule has 0 radical (unpaired) electrons. The average Bonchev–Trinajstić information content (AvgIpc) is 3.42. The van der Waals surface area contributed by atoms with E-state index >= 15 is 0 Å². The molecule has 2 heterocycles. The zero-order chi connectivity index (χ0) is 22.4. The zero-order valence-electron chi connectivity index (χ0n) is 18.2. The quantitative estimate of drug-likeness (QED) is 0.587. The lowest BCUT2D eigenvalue weighted by molar-refractivity contribution is 0.0669. The molecular weight excluding hydrogens is 446 g/mol. The van der Waals surface area contributed by atoms with Crippen molar-refractivity contribution >= 4 is 21.8 Å². The lowest BCUT2D eigenvalue weighted by Gasteiger charge is -2.51. The van der Waals surface area contributed by atoms with Crippen LogP contribution in [0.4, 0.5) is 0 Å². The number of ether oxygens (including phenoxy) is 3. The summed E-state index contributed by atoms with van der Waals surface area (Å²) in [6.07, 6.45) is 5.33. The van der Waals surface area contributed by atoms with Crippen molar-refractivity contribution in [3.63, 3.8) is 0 Å². The van der Waals surface area contributed by atoms with E-state index in [1.165, 1.54) is 0 Å². The van der Waals surface area contributed by atoms with Crippen LogP contribution in [0.3, 0.4) is 0 Å². The number of sulfonamides is 1. The molecule has 1 fully saturated rings. The summed E-state index contributed by atoms with van der Waals surface area (Å²) in [5, 5.41) is 0. The van der Waals surface area contributed by atoms with Gasteiger partial charge >= 0.3 is 0 Å². The van der Waals surface area contributed by atoms with Gasteiger partial charge in [0.2, 0.25) is 16.8 Å². The van der Waals surface area contributed by atoms with E-state index in [1.54, 1.807) is 47.4 Å². The van der Waals surface area contributed by atoms with Crippen molar-refractivity contribution in [2.75, 3.05) is 26.2 Å². The van der Waals surface area contributed by atoms with Crippen LogP contribution < -0.4 is 9.47 Å². The Kier molecular flexibility index (Phi) is 5.52. The minimum absolute atomic E-state index is 0.174. The Labute approximate surface area is 193 Å². The first-order chi connectivity index (χ1) is 15.5. The first kappa shape index (κ1) is 21.8. The minimum Gasteiger partial charge on any atom is -0.454 e. The fourth-order valence-corrected chi connectivity index (χ4v) is 8.73. The van der Waals surface area contributed by atoms with Gasteiger partial charge in [0.15, 0.2) is 11.5 Å². The van der Waals surface area contributed by atoms with Crippen molar-refractivity contribution < 1.29 is 22.6 Å². The van der Waals surface area contributed by atoms with Gasteiger partial charge in [0.25, 0.3) is 0 Å². The minimum atomic E-state index is -3.76. The molecule has 32 heavy (non-hydrogen) atoms. The molecule has 3 atom stereocenters. The predicted molar refractivity (Wildman–Crippen MR) is 125 cm³/mol. The number of rotatable bonds is 6. The molecule has 0 saturated carbocycles. The molecule has 170 valence electrons. The van der Waals surface area contributed by atoms with Gasteiger partial charge in [-0.15, -0.1) is 11.8 Å². The van der Waals surface area contributed by atoms with E-state index in [0.29, 0.717) is 29.4 Å². The smallest absolute Gasteiger partial charge is 0.243 e. The molecule has 8 heteroatoms. The van der Waals surface area contributed by atoms with Gasteiger partial charge in [0, 0.05) is 20.1 Å². The van der Waals surface area contributed by atoms with Crippen molar-refractivity contribution in [3.8, 4) is 11.5 Å². The van der Waals surface area contributed by atoms with E-state index < -0.39 is 20.3 Å². The zero-order valence-corrected chi connectivity index (χ0v) is 19.8. The van der Waals surface area contributed by atoms with Crippen LogP contribution in [0.15, 0.2) is 65.6 Å². The van der Waals surface area contributed by atoms with Gasteiger partial charge < -0.3 is 14.2 Å². The molecule has 3 aliphatic rings. The van der Waals surface area contributed by atoms with Crippen LogP contribution in [0.5, 0.6) is 11.5 Å². The first-order valence-corrected chi connectivity index (χ1v) is 13.2. The second-order valence-electron chi connectivity index (χ2n) is 8.23. The Morgan fingerprint density at radius 2 is 1.94 bits per heavy atom. The van der Waals surface area contributed by atoms with E-state index in [-0.39, 0.29) is 12.9 Å². The Hall–Kier alpha value is -2.00. The number of hydrogen-bond donors (Lipinski definition) is 0. The van der Waals surface area contributed by atoms with Crippen molar-refractivity contribution in [2.45, 2.75) is 41.1 Å². The summed E-state index contributed by atoms with van der Waals surface area (Å²) in [6.45, 7) is 2.72. The van der Waals surface area contributed by atoms with Crippen LogP contribution in [0.25, 0.3) is 0 Å². The van der Waals surface area contributed by atoms with E-state index in [4.69, 9.17) is 14.2 Å². The van der Waals surface area contributed by atoms with E-state index in [1.807, 2.05) is 24.3 Å². The van der Waals surface area contributed by atoms with Gasteiger partial charge in [-0.25, -0.2) is 8.42 Å². The first-order valence-electron chi connectivity index (χ1n) is 10.8. The fraction of sp³-hybridized carbons (Fsp3) is 0.417. The highest BCUT2D eigenvalue weighted by Gasteiger charge is 2.64. The highest BCUT2D eigenvalue weighted by Crippen LogP contribution is 2.61. The maximum Gasteiger partial charge on any atom is 0.243 e. The molecule has 0 aromatic heterocycles. The second-order valence-corrected chi connectivity index (χ2v) is 11.7. The molecule has 0 N–H and O–H groups in total. The van der Waals surface area contributed by atoms with Gasteiger partial charge in [-0.3, -0.25) is 0 Å². The number of benzene rings is 2.